The van der Waals surface area contributed by atoms with Gasteiger partial charge in [-0.25, -0.2) is 0 Å². The van der Waals surface area contributed by atoms with Crippen molar-refractivity contribution in [3.63, 3.8) is 0 Å². The minimum atomic E-state index is -0.494. The molecule has 1 aliphatic rings. The van der Waals surface area contributed by atoms with E-state index in [-0.39, 0.29) is 11.7 Å². The van der Waals surface area contributed by atoms with E-state index >= 15 is 0 Å². The van der Waals surface area contributed by atoms with Crippen molar-refractivity contribution in [2.24, 2.45) is 11.7 Å². The lowest BCUT2D eigenvalue weighted by Crippen LogP contribution is -2.20. The molecule has 1 unspecified atom stereocenters. The number of pyridine rings is 1. The van der Waals surface area contributed by atoms with Gasteiger partial charge in [0.2, 0.25) is 5.91 Å². The average molecular weight is 469 g/mol. The molecule has 32 heavy (non-hydrogen) atoms. The normalized spacial score (nSPS) is 15.2. The van der Waals surface area contributed by atoms with Gasteiger partial charge in [0.1, 0.15) is 5.00 Å². The summed E-state index contributed by atoms with van der Waals surface area (Å²) in [6, 6.07) is 3.74. The number of carbonyl (C=O) groups excluding carboxylic acids is 2. The van der Waals surface area contributed by atoms with E-state index < -0.39 is 5.91 Å². The van der Waals surface area contributed by atoms with Gasteiger partial charge in [-0.15, -0.1) is 28.1 Å². The van der Waals surface area contributed by atoms with E-state index in [1.807, 2.05) is 16.7 Å². The quantitative estimate of drug-likeness (QED) is 0.386. The highest BCUT2D eigenvalue weighted by Gasteiger charge is 2.27. The molecule has 10 heteroatoms. The molecule has 3 N–H and O–H groups in total. The van der Waals surface area contributed by atoms with Crippen molar-refractivity contribution in [1.29, 1.82) is 0 Å². The highest BCUT2D eigenvalue weighted by atomic mass is 32.2. The van der Waals surface area contributed by atoms with Crippen LogP contribution >= 0.6 is 23.1 Å². The molecule has 1 aliphatic carbocycles. The van der Waals surface area contributed by atoms with Crippen LogP contribution in [-0.2, 0) is 24.2 Å². The van der Waals surface area contributed by atoms with Gasteiger partial charge in [-0.3, -0.25) is 19.1 Å². The number of amides is 2. The lowest BCUT2D eigenvalue weighted by atomic mass is 9.88. The zero-order valence-electron chi connectivity index (χ0n) is 17.7. The van der Waals surface area contributed by atoms with Crippen molar-refractivity contribution in [2.75, 3.05) is 11.1 Å². The van der Waals surface area contributed by atoms with Gasteiger partial charge in [-0.05, 0) is 42.9 Å². The Morgan fingerprint density at radius 1 is 1.44 bits per heavy atom. The molecule has 0 radical (unpaired) electrons. The highest BCUT2D eigenvalue weighted by molar-refractivity contribution is 7.99. The van der Waals surface area contributed by atoms with Crippen LogP contribution in [0.4, 0.5) is 5.00 Å². The van der Waals surface area contributed by atoms with E-state index in [0.717, 1.165) is 35.3 Å². The third-order valence-electron chi connectivity index (χ3n) is 5.29. The number of nitrogens with zero attached hydrogens (tertiary/aromatic N) is 4. The van der Waals surface area contributed by atoms with Gasteiger partial charge in [-0.1, -0.05) is 24.8 Å². The van der Waals surface area contributed by atoms with Crippen molar-refractivity contribution in [3.05, 3.63) is 53.2 Å². The Labute approximate surface area is 194 Å². The lowest BCUT2D eigenvalue weighted by Gasteiger charge is -2.18. The van der Waals surface area contributed by atoms with E-state index in [9.17, 15) is 9.59 Å². The molecular formula is C22H24N6O2S2. The Hall–Kier alpha value is -2.98. The third kappa shape index (κ3) is 4.61. The van der Waals surface area contributed by atoms with Crippen LogP contribution in [0.15, 0.2) is 42.3 Å². The number of nitrogens with two attached hydrogens (primary N) is 1. The SMILES string of the molecule is C=CCn1c(SCC(=O)Nc2sc3c(c2C(N)=O)CCC(C)C3)nnc1-c1cccnc1. The first-order chi connectivity index (χ1) is 15.5. The molecule has 0 fully saturated rings. The third-order valence-corrected chi connectivity index (χ3v) is 7.43. The molecule has 0 bridgehead atoms. The minimum Gasteiger partial charge on any atom is -0.365 e. The van der Waals surface area contributed by atoms with Crippen molar-refractivity contribution in [1.82, 2.24) is 19.7 Å². The molecule has 8 nitrogen and oxygen atoms in total. The van der Waals surface area contributed by atoms with Crippen LogP contribution in [0, 0.1) is 5.92 Å². The molecule has 3 heterocycles. The predicted molar refractivity (Wildman–Crippen MR) is 127 cm³/mol. The second-order valence-corrected chi connectivity index (χ2v) is 9.75. The fraction of sp³-hybridized carbons (Fsp3) is 0.318. The van der Waals surface area contributed by atoms with Gasteiger partial charge < -0.3 is 11.1 Å². The maximum absolute atomic E-state index is 12.7. The van der Waals surface area contributed by atoms with E-state index in [2.05, 4.69) is 34.0 Å². The van der Waals surface area contributed by atoms with Crippen molar-refractivity contribution in [2.45, 2.75) is 37.9 Å². The fourth-order valence-corrected chi connectivity index (χ4v) is 5.97. The van der Waals surface area contributed by atoms with Gasteiger partial charge >= 0.3 is 0 Å². The van der Waals surface area contributed by atoms with Crippen LogP contribution in [0.2, 0.25) is 0 Å². The smallest absolute Gasteiger partial charge is 0.251 e. The molecule has 0 saturated heterocycles. The summed E-state index contributed by atoms with van der Waals surface area (Å²) in [5.41, 5.74) is 7.94. The molecule has 3 aromatic heterocycles. The monoisotopic (exact) mass is 468 g/mol. The summed E-state index contributed by atoms with van der Waals surface area (Å²) in [5, 5.41) is 12.6. The molecule has 0 spiro atoms. The number of thiophene rings is 1. The molecule has 0 aromatic carbocycles. The zero-order chi connectivity index (χ0) is 22.7. The Morgan fingerprint density at radius 3 is 3.00 bits per heavy atom. The molecule has 1 atom stereocenters. The molecule has 3 aromatic rings. The van der Waals surface area contributed by atoms with E-state index in [0.29, 0.717) is 34.0 Å². The summed E-state index contributed by atoms with van der Waals surface area (Å²) >= 11 is 2.74. The number of thioether (sulfide) groups is 1. The summed E-state index contributed by atoms with van der Waals surface area (Å²) < 4.78 is 1.89. The van der Waals surface area contributed by atoms with Gasteiger partial charge in [0.25, 0.3) is 5.91 Å². The zero-order valence-corrected chi connectivity index (χ0v) is 19.3. The number of nitrogens with one attached hydrogen (secondary N) is 1. The number of aromatic nitrogens is 4. The topological polar surface area (TPSA) is 116 Å². The molecule has 2 amide bonds. The van der Waals surface area contributed by atoms with Gasteiger partial charge in [0.15, 0.2) is 11.0 Å². The van der Waals surface area contributed by atoms with Crippen LogP contribution in [0.3, 0.4) is 0 Å². The minimum absolute atomic E-state index is 0.124. The second kappa shape index (κ2) is 9.66. The number of anilines is 1. The number of primary amides is 1. The van der Waals surface area contributed by atoms with Crippen LogP contribution in [0.5, 0.6) is 0 Å². The molecule has 0 aliphatic heterocycles. The summed E-state index contributed by atoms with van der Waals surface area (Å²) in [4.78, 5) is 30.1. The standard InChI is InChI=1S/C22H24N6O2S2/c1-3-9-28-20(14-5-4-8-24-11-14)26-27-22(28)31-12-17(29)25-21-18(19(23)30)15-7-6-13(2)10-16(15)32-21/h3-5,8,11,13H,1,6-7,9-10,12H2,2H3,(H2,23,30)(H,25,29). The Balaban J connectivity index is 1.49. The van der Waals surface area contributed by atoms with E-state index in [1.54, 1.807) is 18.5 Å². The number of rotatable bonds is 8. The predicted octanol–water partition coefficient (Wildman–Crippen LogP) is 3.54. The fourth-order valence-electron chi connectivity index (χ4n) is 3.79. The summed E-state index contributed by atoms with van der Waals surface area (Å²) in [6.07, 6.45) is 7.91. The van der Waals surface area contributed by atoms with Crippen molar-refractivity contribution < 1.29 is 9.59 Å². The maximum Gasteiger partial charge on any atom is 0.251 e. The number of fused-ring (bicyclic) bond motifs is 1. The largest absolute Gasteiger partial charge is 0.365 e. The number of allylic oxidation sites excluding steroid dienone is 1. The number of carbonyl (C=O) groups is 2. The molecule has 4 rings (SSSR count). The van der Waals surface area contributed by atoms with E-state index in [1.165, 1.54) is 23.1 Å². The van der Waals surface area contributed by atoms with Crippen LogP contribution in [0.1, 0.15) is 34.1 Å². The Bertz CT molecular complexity index is 1150. The first-order valence-corrected chi connectivity index (χ1v) is 12.1. The van der Waals surface area contributed by atoms with E-state index in [4.69, 9.17) is 5.73 Å². The van der Waals surface area contributed by atoms with Crippen LogP contribution in [-0.4, -0.2) is 37.3 Å². The first kappa shape index (κ1) is 22.2. The van der Waals surface area contributed by atoms with Gasteiger partial charge in [0, 0.05) is 29.4 Å². The van der Waals surface area contributed by atoms with Crippen LogP contribution in [0.25, 0.3) is 11.4 Å². The Kier molecular flexibility index (Phi) is 6.71. The van der Waals surface area contributed by atoms with Crippen LogP contribution < -0.4 is 11.1 Å². The summed E-state index contributed by atoms with van der Waals surface area (Å²) in [6.45, 7) is 6.50. The average Bonchev–Trinajstić information content (AvgIpc) is 3.33. The second-order valence-electron chi connectivity index (χ2n) is 7.70. The molecule has 0 saturated carbocycles. The maximum atomic E-state index is 12.7. The summed E-state index contributed by atoms with van der Waals surface area (Å²) in [5.74, 6) is 0.634. The highest BCUT2D eigenvalue weighted by Crippen LogP contribution is 2.39. The molecular weight excluding hydrogens is 444 g/mol. The summed E-state index contributed by atoms with van der Waals surface area (Å²) in [7, 11) is 0. The van der Waals surface area contributed by atoms with Crippen molar-refractivity contribution >= 4 is 39.9 Å². The molecule has 166 valence electrons. The Morgan fingerprint density at radius 2 is 2.28 bits per heavy atom. The van der Waals surface area contributed by atoms with Crippen molar-refractivity contribution in [3.8, 4) is 11.4 Å². The first-order valence-electron chi connectivity index (χ1n) is 10.3. The number of hydrogen-bond donors (Lipinski definition) is 2. The lowest BCUT2D eigenvalue weighted by molar-refractivity contribution is -0.113. The van der Waals surface area contributed by atoms with Gasteiger partial charge in [-0.2, -0.15) is 0 Å². The number of hydrogen-bond acceptors (Lipinski definition) is 7. The van der Waals surface area contributed by atoms with Gasteiger partial charge in [0.05, 0.1) is 11.3 Å².